The maximum absolute atomic E-state index is 13.3. The van der Waals surface area contributed by atoms with E-state index in [1.165, 1.54) is 6.26 Å². The number of carbonyl (C=O) groups is 3. The molecule has 1 aliphatic heterocycles. The summed E-state index contributed by atoms with van der Waals surface area (Å²) in [6.07, 6.45) is 5.17. The minimum absolute atomic E-state index is 0.0424. The Morgan fingerprint density at radius 2 is 1.75 bits per heavy atom. The monoisotopic (exact) mass is 436 g/mol. The number of rotatable bonds is 7. The van der Waals surface area contributed by atoms with Gasteiger partial charge in [-0.1, -0.05) is 18.2 Å². The van der Waals surface area contributed by atoms with Crippen LogP contribution in [0.25, 0.3) is 6.08 Å². The summed E-state index contributed by atoms with van der Waals surface area (Å²) in [4.78, 5) is 42.1. The highest BCUT2D eigenvalue weighted by Crippen LogP contribution is 2.19. The van der Waals surface area contributed by atoms with Crippen molar-refractivity contribution in [2.75, 3.05) is 26.2 Å². The van der Waals surface area contributed by atoms with Crippen LogP contribution < -0.4 is 10.6 Å². The van der Waals surface area contributed by atoms with Crippen molar-refractivity contribution in [1.29, 1.82) is 0 Å². The number of hydrogen-bond donors (Lipinski definition) is 2. The van der Waals surface area contributed by atoms with Gasteiger partial charge in [-0.2, -0.15) is 0 Å². The molecule has 2 fully saturated rings. The van der Waals surface area contributed by atoms with Crippen LogP contribution in [0.1, 0.15) is 35.9 Å². The van der Waals surface area contributed by atoms with Crippen LogP contribution in [0.3, 0.4) is 0 Å². The zero-order valence-electron chi connectivity index (χ0n) is 18.1. The molecule has 1 unspecified atom stereocenters. The fourth-order valence-corrected chi connectivity index (χ4v) is 3.65. The van der Waals surface area contributed by atoms with Crippen LogP contribution in [0, 0.1) is 0 Å². The summed E-state index contributed by atoms with van der Waals surface area (Å²) in [5, 5.41) is 5.78. The molecule has 0 spiro atoms. The molecule has 2 aromatic rings. The summed E-state index contributed by atoms with van der Waals surface area (Å²) in [5.74, 6) is -0.118. The molecule has 3 amide bonds. The van der Waals surface area contributed by atoms with Crippen LogP contribution in [0.15, 0.2) is 58.8 Å². The number of nitrogens with zero attached hydrogens (tertiary/aromatic N) is 2. The van der Waals surface area contributed by atoms with Crippen molar-refractivity contribution >= 4 is 23.8 Å². The molecule has 1 atom stereocenters. The van der Waals surface area contributed by atoms with Crippen LogP contribution in [0.5, 0.6) is 0 Å². The van der Waals surface area contributed by atoms with Gasteiger partial charge < -0.3 is 20.0 Å². The first-order valence-corrected chi connectivity index (χ1v) is 11.0. The number of carbonyl (C=O) groups excluding carboxylic acids is 3. The summed E-state index contributed by atoms with van der Waals surface area (Å²) in [7, 11) is 0. The first-order valence-electron chi connectivity index (χ1n) is 11.0. The Labute approximate surface area is 187 Å². The van der Waals surface area contributed by atoms with E-state index in [0.29, 0.717) is 43.5 Å². The lowest BCUT2D eigenvalue weighted by molar-refractivity contribution is -0.131. The van der Waals surface area contributed by atoms with Crippen LogP contribution in [0.2, 0.25) is 0 Å². The zero-order valence-corrected chi connectivity index (χ0v) is 18.1. The predicted molar refractivity (Wildman–Crippen MR) is 119 cm³/mol. The molecule has 1 aliphatic carbocycles. The Hall–Kier alpha value is -3.39. The summed E-state index contributed by atoms with van der Waals surface area (Å²) in [6.45, 7) is 4.02. The molecule has 8 heteroatoms. The second kappa shape index (κ2) is 9.82. The van der Waals surface area contributed by atoms with Gasteiger partial charge in [0.15, 0.2) is 0 Å². The van der Waals surface area contributed by atoms with Crippen molar-refractivity contribution < 1.29 is 18.8 Å². The van der Waals surface area contributed by atoms with Gasteiger partial charge in [-0.05, 0) is 44.0 Å². The van der Waals surface area contributed by atoms with Crippen LogP contribution in [-0.2, 0) is 9.59 Å². The Balaban J connectivity index is 1.41. The fraction of sp³-hybridized carbons (Fsp3) is 0.375. The minimum Gasteiger partial charge on any atom is -0.465 e. The first-order chi connectivity index (χ1) is 15.5. The van der Waals surface area contributed by atoms with E-state index < -0.39 is 0 Å². The standard InChI is InChI=1S/C24H28N4O4/c1-17(22(29)25-19-9-10-19)27-11-13-28(14-12-27)24(31)21(16-20-8-5-15-32-20)26-23(30)18-6-3-2-4-7-18/h2-8,15-17,19H,9-14H2,1H3,(H,25,29)(H,26,30). The number of amides is 3. The zero-order chi connectivity index (χ0) is 22.5. The lowest BCUT2D eigenvalue weighted by Crippen LogP contribution is -2.55. The smallest absolute Gasteiger partial charge is 0.270 e. The van der Waals surface area contributed by atoms with E-state index in [-0.39, 0.29) is 29.5 Å². The lowest BCUT2D eigenvalue weighted by Gasteiger charge is -2.37. The molecular weight excluding hydrogens is 408 g/mol. The van der Waals surface area contributed by atoms with Crippen molar-refractivity contribution in [2.45, 2.75) is 31.8 Å². The van der Waals surface area contributed by atoms with Gasteiger partial charge in [-0.25, -0.2) is 0 Å². The topological polar surface area (TPSA) is 94.9 Å². The summed E-state index contributed by atoms with van der Waals surface area (Å²) >= 11 is 0. The van der Waals surface area contributed by atoms with Crippen LogP contribution in [-0.4, -0.2) is 65.8 Å². The molecule has 2 aliphatic rings. The summed E-state index contributed by atoms with van der Waals surface area (Å²) < 4.78 is 5.35. The minimum atomic E-state index is -0.360. The molecule has 2 heterocycles. The fourth-order valence-electron chi connectivity index (χ4n) is 3.65. The van der Waals surface area contributed by atoms with Crippen molar-refractivity contribution in [3.05, 3.63) is 65.7 Å². The number of hydrogen-bond acceptors (Lipinski definition) is 5. The molecule has 0 bridgehead atoms. The van der Waals surface area contributed by atoms with E-state index in [1.807, 2.05) is 13.0 Å². The average Bonchev–Trinajstić information content (AvgIpc) is 3.49. The SMILES string of the molecule is CC(C(=O)NC1CC1)N1CCN(C(=O)C(=Cc2ccco2)NC(=O)c2ccccc2)CC1. The quantitative estimate of drug-likeness (QED) is 0.646. The third kappa shape index (κ3) is 5.45. The van der Waals surface area contributed by atoms with Gasteiger partial charge in [-0.3, -0.25) is 19.3 Å². The lowest BCUT2D eigenvalue weighted by atomic mass is 10.2. The highest BCUT2D eigenvalue weighted by molar-refractivity contribution is 6.05. The Kier molecular flexibility index (Phi) is 6.70. The number of nitrogens with one attached hydrogen (secondary N) is 2. The van der Waals surface area contributed by atoms with E-state index in [0.717, 1.165) is 12.8 Å². The van der Waals surface area contributed by atoms with Crippen molar-refractivity contribution in [3.63, 3.8) is 0 Å². The van der Waals surface area contributed by atoms with Gasteiger partial charge in [0.25, 0.3) is 11.8 Å². The maximum Gasteiger partial charge on any atom is 0.270 e. The first kappa shape index (κ1) is 21.8. The van der Waals surface area contributed by atoms with Crippen LogP contribution >= 0.6 is 0 Å². The molecule has 1 saturated carbocycles. The Bertz CT molecular complexity index is 975. The van der Waals surface area contributed by atoms with E-state index in [1.54, 1.807) is 47.4 Å². The average molecular weight is 437 g/mol. The third-order valence-electron chi connectivity index (χ3n) is 5.80. The van der Waals surface area contributed by atoms with E-state index in [2.05, 4.69) is 15.5 Å². The molecule has 4 rings (SSSR count). The second-order valence-electron chi connectivity index (χ2n) is 8.18. The second-order valence-corrected chi connectivity index (χ2v) is 8.18. The Morgan fingerprint density at radius 3 is 2.38 bits per heavy atom. The van der Waals surface area contributed by atoms with Gasteiger partial charge in [0.1, 0.15) is 11.5 Å². The van der Waals surface area contributed by atoms with Crippen molar-refractivity contribution in [3.8, 4) is 0 Å². The number of benzene rings is 1. The van der Waals surface area contributed by atoms with E-state index in [9.17, 15) is 14.4 Å². The predicted octanol–water partition coefficient (Wildman–Crippen LogP) is 1.86. The normalized spacial score (nSPS) is 18.2. The number of piperazine rings is 1. The molecule has 1 aromatic carbocycles. The van der Waals surface area contributed by atoms with Crippen LogP contribution in [0.4, 0.5) is 0 Å². The molecule has 1 saturated heterocycles. The van der Waals surface area contributed by atoms with Gasteiger partial charge in [0.05, 0.1) is 12.3 Å². The van der Waals surface area contributed by atoms with Gasteiger partial charge in [0, 0.05) is 43.9 Å². The maximum atomic E-state index is 13.3. The summed E-state index contributed by atoms with van der Waals surface area (Å²) in [5.41, 5.74) is 0.618. The molecule has 8 nitrogen and oxygen atoms in total. The van der Waals surface area contributed by atoms with Crippen molar-refractivity contribution in [2.24, 2.45) is 0 Å². The molecular formula is C24H28N4O4. The summed E-state index contributed by atoms with van der Waals surface area (Å²) in [6, 6.07) is 12.3. The van der Waals surface area contributed by atoms with Gasteiger partial charge in [-0.15, -0.1) is 0 Å². The van der Waals surface area contributed by atoms with Gasteiger partial charge >= 0.3 is 0 Å². The number of furan rings is 1. The van der Waals surface area contributed by atoms with Crippen molar-refractivity contribution in [1.82, 2.24) is 20.4 Å². The molecule has 32 heavy (non-hydrogen) atoms. The highest BCUT2D eigenvalue weighted by atomic mass is 16.3. The molecule has 1 aromatic heterocycles. The molecule has 2 N–H and O–H groups in total. The van der Waals surface area contributed by atoms with E-state index in [4.69, 9.17) is 4.42 Å². The molecule has 168 valence electrons. The Morgan fingerprint density at radius 1 is 1.03 bits per heavy atom. The third-order valence-corrected chi connectivity index (χ3v) is 5.80. The highest BCUT2D eigenvalue weighted by Gasteiger charge is 2.31. The largest absolute Gasteiger partial charge is 0.465 e. The molecule has 0 radical (unpaired) electrons. The van der Waals surface area contributed by atoms with Gasteiger partial charge in [0.2, 0.25) is 5.91 Å². The van der Waals surface area contributed by atoms with E-state index >= 15 is 0 Å².